The van der Waals surface area contributed by atoms with Gasteiger partial charge in [0.25, 0.3) is 5.91 Å². The lowest BCUT2D eigenvalue weighted by molar-refractivity contribution is -0.0106. The Balaban J connectivity index is 1.85. The smallest absolute Gasteiger partial charge is 0.265 e. The van der Waals surface area contributed by atoms with Crippen LogP contribution >= 0.6 is 11.3 Å². The van der Waals surface area contributed by atoms with Gasteiger partial charge in [0.05, 0.1) is 24.7 Å². The summed E-state index contributed by atoms with van der Waals surface area (Å²) in [5.74, 6) is 1.09. The molecule has 1 saturated heterocycles. The van der Waals surface area contributed by atoms with Crippen molar-refractivity contribution in [3.8, 4) is 0 Å². The van der Waals surface area contributed by atoms with E-state index in [0.717, 1.165) is 5.56 Å². The molecule has 0 bridgehead atoms. The first-order valence-corrected chi connectivity index (χ1v) is 8.77. The molecule has 24 heavy (non-hydrogen) atoms. The van der Waals surface area contributed by atoms with Crippen LogP contribution in [0.4, 0.5) is 0 Å². The summed E-state index contributed by atoms with van der Waals surface area (Å²) in [6.45, 7) is 5.74. The van der Waals surface area contributed by atoms with E-state index in [-0.39, 0.29) is 17.9 Å². The highest BCUT2D eigenvalue weighted by molar-refractivity contribution is 7.12. The molecular formula is C16H21N3O4S. The van der Waals surface area contributed by atoms with Crippen LogP contribution in [0.25, 0.3) is 0 Å². The van der Waals surface area contributed by atoms with E-state index in [2.05, 4.69) is 10.2 Å². The Kier molecular flexibility index (Phi) is 5.27. The summed E-state index contributed by atoms with van der Waals surface area (Å²) in [5, 5.41) is 10.1. The van der Waals surface area contributed by atoms with Crippen LogP contribution in [0.5, 0.6) is 0 Å². The van der Waals surface area contributed by atoms with Crippen LogP contribution in [0.3, 0.4) is 0 Å². The summed E-state index contributed by atoms with van der Waals surface area (Å²) in [5.41, 5.74) is 0.895. The summed E-state index contributed by atoms with van der Waals surface area (Å²) >= 11 is 1.42. The van der Waals surface area contributed by atoms with E-state index >= 15 is 0 Å². The Morgan fingerprint density at radius 3 is 3.04 bits per heavy atom. The Morgan fingerprint density at radius 1 is 1.50 bits per heavy atom. The minimum absolute atomic E-state index is 0.0466. The molecule has 2 aromatic heterocycles. The first-order chi connectivity index (χ1) is 11.6. The highest BCUT2D eigenvalue weighted by atomic mass is 32.1. The molecule has 3 rings (SSSR count). The fraction of sp³-hybridized carbons (Fsp3) is 0.562. The van der Waals surface area contributed by atoms with Gasteiger partial charge >= 0.3 is 0 Å². The van der Waals surface area contributed by atoms with Crippen molar-refractivity contribution >= 4 is 17.2 Å². The highest BCUT2D eigenvalue weighted by Gasteiger charge is 2.34. The summed E-state index contributed by atoms with van der Waals surface area (Å²) in [6, 6.07) is 1.56. The molecule has 1 fully saturated rings. The number of hydrogen-bond donors (Lipinski definition) is 0. The third kappa shape index (κ3) is 3.35. The molecule has 7 nitrogen and oxygen atoms in total. The minimum Gasteiger partial charge on any atom is -0.423 e. The predicted molar refractivity (Wildman–Crippen MR) is 88.0 cm³/mol. The van der Waals surface area contributed by atoms with Crippen molar-refractivity contribution in [3.63, 3.8) is 0 Å². The van der Waals surface area contributed by atoms with Gasteiger partial charge in [-0.3, -0.25) is 4.79 Å². The molecule has 0 unspecified atom stereocenters. The number of thiophene rings is 1. The van der Waals surface area contributed by atoms with E-state index in [0.29, 0.717) is 43.0 Å². The monoisotopic (exact) mass is 351 g/mol. The van der Waals surface area contributed by atoms with E-state index in [1.54, 1.807) is 12.0 Å². The lowest BCUT2D eigenvalue weighted by Crippen LogP contribution is -2.43. The zero-order chi connectivity index (χ0) is 17.1. The summed E-state index contributed by atoms with van der Waals surface area (Å²) < 4.78 is 16.5. The average Bonchev–Trinajstić information content (AvgIpc) is 3.24. The van der Waals surface area contributed by atoms with Crippen LogP contribution in [0.1, 0.15) is 52.8 Å². The van der Waals surface area contributed by atoms with E-state index in [9.17, 15) is 4.79 Å². The number of hydrogen-bond acceptors (Lipinski definition) is 7. The third-order valence-electron chi connectivity index (χ3n) is 3.87. The molecule has 130 valence electrons. The summed E-state index contributed by atoms with van der Waals surface area (Å²) in [7, 11) is 1.62. The molecule has 8 heteroatoms. The number of methoxy groups -OCH3 is 1. The number of morpholine rings is 1. The van der Waals surface area contributed by atoms with E-state index in [1.165, 1.54) is 11.3 Å². The lowest BCUT2D eigenvalue weighted by Gasteiger charge is -2.33. The number of carbonyl (C=O) groups excluding carboxylic acids is 1. The molecule has 0 aromatic carbocycles. The molecular weight excluding hydrogens is 330 g/mol. The maximum absolute atomic E-state index is 13.0. The van der Waals surface area contributed by atoms with Crippen LogP contribution in [0, 0.1) is 0 Å². The van der Waals surface area contributed by atoms with Crippen LogP contribution in [-0.2, 0) is 16.1 Å². The maximum Gasteiger partial charge on any atom is 0.265 e. The van der Waals surface area contributed by atoms with Crippen molar-refractivity contribution in [3.05, 3.63) is 33.7 Å². The fourth-order valence-electron chi connectivity index (χ4n) is 2.59. The van der Waals surface area contributed by atoms with Crippen LogP contribution in [-0.4, -0.2) is 47.9 Å². The average molecular weight is 351 g/mol. The predicted octanol–water partition coefficient (Wildman–Crippen LogP) is 2.61. The van der Waals surface area contributed by atoms with Crippen LogP contribution in [0.2, 0.25) is 0 Å². The largest absolute Gasteiger partial charge is 0.423 e. The fourth-order valence-corrected chi connectivity index (χ4v) is 3.45. The van der Waals surface area contributed by atoms with Gasteiger partial charge in [0, 0.05) is 25.1 Å². The Labute approximate surface area is 144 Å². The topological polar surface area (TPSA) is 77.7 Å². The Bertz CT molecular complexity index is 697. The molecule has 3 heterocycles. The standard InChI is InChI=1S/C16H21N3O4S/c1-10(2)14-17-18-15(23-14)12-9-22-6-5-19(12)16(20)13-11(8-21-3)4-7-24-13/h4,7,10,12H,5-6,8-9H2,1-3H3/t12-/m0/s1. The van der Waals surface area contributed by atoms with E-state index < -0.39 is 0 Å². The lowest BCUT2D eigenvalue weighted by atomic mass is 10.2. The van der Waals surface area contributed by atoms with Crippen molar-refractivity contribution in [2.24, 2.45) is 0 Å². The normalized spacial score (nSPS) is 18.3. The quantitative estimate of drug-likeness (QED) is 0.824. The number of nitrogens with zero attached hydrogens (tertiary/aromatic N) is 3. The molecule has 1 atom stereocenters. The van der Waals surface area contributed by atoms with Crippen molar-refractivity contribution < 1.29 is 18.7 Å². The SMILES string of the molecule is COCc1ccsc1C(=O)N1CCOC[C@H]1c1nnc(C(C)C)o1. The van der Waals surface area contributed by atoms with Gasteiger partial charge in [0.1, 0.15) is 6.04 Å². The zero-order valence-corrected chi connectivity index (χ0v) is 14.8. The molecule has 1 aliphatic rings. The van der Waals surface area contributed by atoms with Gasteiger partial charge in [-0.05, 0) is 11.4 Å². The first-order valence-electron chi connectivity index (χ1n) is 7.89. The number of carbonyl (C=O) groups is 1. The van der Waals surface area contributed by atoms with Crippen molar-refractivity contribution in [1.29, 1.82) is 0 Å². The van der Waals surface area contributed by atoms with Crippen LogP contribution in [0.15, 0.2) is 15.9 Å². The van der Waals surface area contributed by atoms with E-state index in [1.807, 2.05) is 25.3 Å². The maximum atomic E-state index is 13.0. The second kappa shape index (κ2) is 7.42. The molecule has 0 aliphatic carbocycles. The molecule has 1 aliphatic heterocycles. The summed E-state index contributed by atoms with van der Waals surface area (Å²) in [6.07, 6.45) is 0. The van der Waals surface area contributed by atoms with Gasteiger partial charge < -0.3 is 18.8 Å². The number of amides is 1. The summed E-state index contributed by atoms with van der Waals surface area (Å²) in [4.78, 5) is 15.5. The minimum atomic E-state index is -0.358. The van der Waals surface area contributed by atoms with Crippen molar-refractivity contribution in [1.82, 2.24) is 15.1 Å². The molecule has 0 N–H and O–H groups in total. The first kappa shape index (κ1) is 17.1. The molecule has 0 radical (unpaired) electrons. The number of rotatable bonds is 5. The van der Waals surface area contributed by atoms with Gasteiger partial charge in [-0.2, -0.15) is 0 Å². The van der Waals surface area contributed by atoms with Crippen molar-refractivity contribution in [2.45, 2.75) is 32.4 Å². The second-order valence-corrected chi connectivity index (χ2v) is 6.85. The van der Waals surface area contributed by atoms with E-state index in [4.69, 9.17) is 13.9 Å². The number of ether oxygens (including phenoxy) is 2. The third-order valence-corrected chi connectivity index (χ3v) is 4.81. The highest BCUT2D eigenvalue weighted by Crippen LogP contribution is 2.29. The van der Waals surface area contributed by atoms with Gasteiger partial charge in [0.15, 0.2) is 0 Å². The van der Waals surface area contributed by atoms with Gasteiger partial charge in [-0.1, -0.05) is 13.8 Å². The second-order valence-electron chi connectivity index (χ2n) is 5.93. The molecule has 0 spiro atoms. The number of aromatic nitrogens is 2. The Morgan fingerprint density at radius 2 is 2.33 bits per heavy atom. The van der Waals surface area contributed by atoms with Gasteiger partial charge in [-0.15, -0.1) is 21.5 Å². The Hall–Kier alpha value is -1.77. The van der Waals surface area contributed by atoms with Crippen LogP contribution < -0.4 is 0 Å². The molecule has 2 aromatic rings. The van der Waals surface area contributed by atoms with Gasteiger partial charge in [0.2, 0.25) is 11.8 Å². The van der Waals surface area contributed by atoms with Crippen molar-refractivity contribution in [2.75, 3.05) is 26.9 Å². The van der Waals surface area contributed by atoms with Gasteiger partial charge in [-0.25, -0.2) is 0 Å². The molecule has 1 amide bonds. The molecule has 0 saturated carbocycles. The zero-order valence-electron chi connectivity index (χ0n) is 14.0.